The van der Waals surface area contributed by atoms with Crippen LogP contribution < -0.4 is 4.90 Å². The molecule has 0 saturated carbocycles. The summed E-state index contributed by atoms with van der Waals surface area (Å²) in [7, 11) is 0. The van der Waals surface area contributed by atoms with Gasteiger partial charge in [0.25, 0.3) is 0 Å². The summed E-state index contributed by atoms with van der Waals surface area (Å²) in [6.07, 6.45) is 3.35. The van der Waals surface area contributed by atoms with E-state index >= 15 is 0 Å². The van der Waals surface area contributed by atoms with Gasteiger partial charge in [-0.1, -0.05) is 30.3 Å². The molecule has 0 bridgehead atoms. The van der Waals surface area contributed by atoms with Crippen LogP contribution in [0.25, 0.3) is 0 Å². The molecule has 3 heterocycles. The minimum Gasteiger partial charge on any atom is -0.373 e. The van der Waals surface area contributed by atoms with Gasteiger partial charge in [0.15, 0.2) is 11.5 Å². The monoisotopic (exact) mass is 321 g/mol. The Hall–Kier alpha value is -2.49. The second-order valence-corrected chi connectivity index (χ2v) is 6.18. The van der Waals surface area contributed by atoms with Gasteiger partial charge in [-0.25, -0.2) is 9.97 Å². The van der Waals surface area contributed by atoms with E-state index in [1.165, 1.54) is 5.56 Å². The maximum Gasteiger partial charge on any atom is 0.183 e. The van der Waals surface area contributed by atoms with Crippen LogP contribution in [-0.2, 0) is 11.3 Å². The normalized spacial score (nSPS) is 23.7. The molecular weight excluding hydrogens is 302 g/mol. The highest BCUT2D eigenvalue weighted by atomic mass is 16.5. The first-order valence-corrected chi connectivity index (χ1v) is 8.21. The maximum atomic E-state index is 9.26. The van der Waals surface area contributed by atoms with Gasteiger partial charge >= 0.3 is 0 Å². The molecule has 2 atom stereocenters. The SMILES string of the molecule is N#Cc1nccnc1N1C[C@@H]2OCCN(Cc3ccccc3)[C@H]2C1. The van der Waals surface area contributed by atoms with Gasteiger partial charge in [0, 0.05) is 38.6 Å². The third-order valence-electron chi connectivity index (χ3n) is 4.73. The number of morpholine rings is 1. The molecule has 1 aromatic carbocycles. The fourth-order valence-electron chi connectivity index (χ4n) is 3.59. The summed E-state index contributed by atoms with van der Waals surface area (Å²) in [6, 6.07) is 13.0. The largest absolute Gasteiger partial charge is 0.373 e. The van der Waals surface area contributed by atoms with Gasteiger partial charge in [0.2, 0.25) is 0 Å². The van der Waals surface area contributed by atoms with E-state index in [4.69, 9.17) is 4.74 Å². The lowest BCUT2D eigenvalue weighted by molar-refractivity contribution is -0.0499. The van der Waals surface area contributed by atoms with E-state index in [2.05, 4.69) is 50.1 Å². The molecule has 6 heteroatoms. The summed E-state index contributed by atoms with van der Waals surface area (Å²) < 4.78 is 5.98. The molecule has 0 aliphatic carbocycles. The first-order chi connectivity index (χ1) is 11.8. The van der Waals surface area contributed by atoms with Crippen molar-refractivity contribution in [3.05, 3.63) is 54.0 Å². The molecule has 4 rings (SSSR count). The molecule has 122 valence electrons. The smallest absolute Gasteiger partial charge is 0.183 e. The number of fused-ring (bicyclic) bond motifs is 1. The Morgan fingerprint density at radius 1 is 1.17 bits per heavy atom. The highest BCUT2D eigenvalue weighted by molar-refractivity contribution is 5.51. The van der Waals surface area contributed by atoms with Crippen molar-refractivity contribution in [3.63, 3.8) is 0 Å². The lowest BCUT2D eigenvalue weighted by atomic mass is 10.1. The van der Waals surface area contributed by atoms with Gasteiger partial charge in [0.05, 0.1) is 18.8 Å². The predicted octanol–water partition coefficient (Wildman–Crippen LogP) is 1.44. The third-order valence-corrected chi connectivity index (χ3v) is 4.73. The van der Waals surface area contributed by atoms with Crippen molar-refractivity contribution < 1.29 is 4.74 Å². The van der Waals surface area contributed by atoms with Crippen LogP contribution in [0.2, 0.25) is 0 Å². The van der Waals surface area contributed by atoms with Gasteiger partial charge in [0.1, 0.15) is 6.07 Å². The second-order valence-electron chi connectivity index (χ2n) is 6.18. The van der Waals surface area contributed by atoms with Crippen molar-refractivity contribution in [2.24, 2.45) is 0 Å². The number of ether oxygens (including phenoxy) is 1. The van der Waals surface area contributed by atoms with Crippen LogP contribution in [-0.4, -0.2) is 53.3 Å². The molecule has 0 radical (unpaired) electrons. The van der Waals surface area contributed by atoms with Crippen LogP contribution in [0.15, 0.2) is 42.7 Å². The maximum absolute atomic E-state index is 9.26. The van der Waals surface area contributed by atoms with Crippen molar-refractivity contribution in [1.82, 2.24) is 14.9 Å². The van der Waals surface area contributed by atoms with E-state index in [0.717, 1.165) is 32.8 Å². The first-order valence-electron chi connectivity index (χ1n) is 8.21. The molecule has 2 aliphatic heterocycles. The van der Waals surface area contributed by atoms with E-state index in [1.807, 2.05) is 6.07 Å². The quantitative estimate of drug-likeness (QED) is 0.852. The molecule has 2 saturated heterocycles. The average Bonchev–Trinajstić information content (AvgIpc) is 3.08. The van der Waals surface area contributed by atoms with Gasteiger partial charge in [-0.3, -0.25) is 4.90 Å². The summed E-state index contributed by atoms with van der Waals surface area (Å²) in [5.41, 5.74) is 1.69. The Morgan fingerprint density at radius 2 is 2.00 bits per heavy atom. The molecule has 2 fully saturated rings. The molecule has 6 nitrogen and oxygen atoms in total. The Kier molecular flexibility index (Phi) is 4.11. The van der Waals surface area contributed by atoms with Gasteiger partial charge in [-0.05, 0) is 5.56 Å². The highest BCUT2D eigenvalue weighted by Gasteiger charge is 2.41. The number of nitrogens with zero attached hydrogens (tertiary/aromatic N) is 5. The third kappa shape index (κ3) is 2.84. The number of hydrogen-bond acceptors (Lipinski definition) is 6. The van der Waals surface area contributed by atoms with Crippen molar-refractivity contribution in [2.45, 2.75) is 18.7 Å². The van der Waals surface area contributed by atoms with Crippen LogP contribution in [0, 0.1) is 11.3 Å². The zero-order chi connectivity index (χ0) is 16.4. The van der Waals surface area contributed by atoms with Gasteiger partial charge < -0.3 is 9.64 Å². The zero-order valence-corrected chi connectivity index (χ0v) is 13.4. The molecular formula is C18H19N5O. The van der Waals surface area contributed by atoms with Crippen molar-refractivity contribution >= 4 is 5.82 Å². The van der Waals surface area contributed by atoms with Gasteiger partial charge in [-0.15, -0.1) is 0 Å². The number of aromatic nitrogens is 2. The van der Waals surface area contributed by atoms with Crippen molar-refractivity contribution in [1.29, 1.82) is 5.26 Å². The van der Waals surface area contributed by atoms with Crippen LogP contribution in [0.1, 0.15) is 11.3 Å². The molecule has 2 aliphatic rings. The first kappa shape index (κ1) is 15.1. The van der Waals surface area contributed by atoms with Crippen LogP contribution in [0.5, 0.6) is 0 Å². The molecule has 0 N–H and O–H groups in total. The number of rotatable bonds is 3. The number of hydrogen-bond donors (Lipinski definition) is 0. The van der Waals surface area contributed by atoms with E-state index in [-0.39, 0.29) is 6.10 Å². The Labute approximate surface area is 141 Å². The number of anilines is 1. The molecule has 0 unspecified atom stereocenters. The van der Waals surface area contributed by atoms with Crippen molar-refractivity contribution in [2.75, 3.05) is 31.1 Å². The number of nitriles is 1. The molecule has 24 heavy (non-hydrogen) atoms. The summed E-state index contributed by atoms with van der Waals surface area (Å²) in [5.74, 6) is 0.665. The Bertz CT molecular complexity index is 745. The summed E-state index contributed by atoms with van der Waals surface area (Å²) in [6.45, 7) is 4.15. The molecule has 2 aromatic rings. The summed E-state index contributed by atoms with van der Waals surface area (Å²) in [4.78, 5) is 13.1. The highest BCUT2D eigenvalue weighted by Crippen LogP contribution is 2.28. The van der Waals surface area contributed by atoms with Crippen molar-refractivity contribution in [3.8, 4) is 6.07 Å². The minimum atomic E-state index is 0.149. The lowest BCUT2D eigenvalue weighted by Gasteiger charge is -2.36. The standard InChI is InChI=1S/C18H19N5O/c19-10-15-18(21-7-6-20-15)23-12-16-17(13-23)24-9-8-22(16)11-14-4-2-1-3-5-14/h1-7,16-17H,8-9,11-13H2/t16-,17-/m0/s1. The Balaban J connectivity index is 1.53. The fraction of sp³-hybridized carbons (Fsp3) is 0.389. The topological polar surface area (TPSA) is 65.3 Å². The Morgan fingerprint density at radius 3 is 2.83 bits per heavy atom. The predicted molar refractivity (Wildman–Crippen MR) is 89.3 cm³/mol. The molecule has 1 aromatic heterocycles. The second kappa shape index (κ2) is 6.56. The van der Waals surface area contributed by atoms with E-state index in [0.29, 0.717) is 17.6 Å². The fourth-order valence-corrected chi connectivity index (χ4v) is 3.59. The summed E-state index contributed by atoms with van der Waals surface area (Å²) in [5, 5.41) is 9.26. The number of benzene rings is 1. The lowest BCUT2D eigenvalue weighted by Crippen LogP contribution is -2.50. The van der Waals surface area contributed by atoms with Crippen LogP contribution in [0.3, 0.4) is 0 Å². The molecule has 0 amide bonds. The van der Waals surface area contributed by atoms with Crippen LogP contribution >= 0.6 is 0 Å². The van der Waals surface area contributed by atoms with E-state index in [1.54, 1.807) is 12.4 Å². The molecule has 0 spiro atoms. The summed E-state index contributed by atoms with van der Waals surface area (Å²) >= 11 is 0. The van der Waals surface area contributed by atoms with E-state index in [9.17, 15) is 5.26 Å². The van der Waals surface area contributed by atoms with Gasteiger partial charge in [-0.2, -0.15) is 5.26 Å². The minimum absolute atomic E-state index is 0.149. The zero-order valence-electron chi connectivity index (χ0n) is 13.4. The van der Waals surface area contributed by atoms with E-state index < -0.39 is 0 Å². The van der Waals surface area contributed by atoms with Crippen LogP contribution in [0.4, 0.5) is 5.82 Å². The average molecular weight is 321 g/mol.